The number of carbonyl (C=O) groups is 1. The molecule has 0 saturated carbocycles. The van der Waals surface area contributed by atoms with Gasteiger partial charge in [0.05, 0.1) is 5.60 Å². The molecule has 0 radical (unpaired) electrons. The van der Waals surface area contributed by atoms with E-state index in [2.05, 4.69) is 0 Å². The van der Waals surface area contributed by atoms with Crippen molar-refractivity contribution in [2.24, 2.45) is 5.73 Å². The van der Waals surface area contributed by atoms with Crippen molar-refractivity contribution in [1.29, 1.82) is 0 Å². The number of nitrogens with two attached hydrogens (primary N) is 1. The number of rotatable bonds is 4. The summed E-state index contributed by atoms with van der Waals surface area (Å²) in [5.41, 5.74) is 3.88. The second-order valence-electron chi connectivity index (χ2n) is 4.79. The van der Waals surface area contributed by atoms with E-state index < -0.39 is 11.2 Å². The van der Waals surface area contributed by atoms with Crippen LogP contribution in [0.3, 0.4) is 0 Å². The van der Waals surface area contributed by atoms with Crippen LogP contribution in [-0.4, -0.2) is 28.8 Å². The number of hydrogen-bond donors (Lipinski definition) is 2. The summed E-state index contributed by atoms with van der Waals surface area (Å²) in [6.07, 6.45) is 0.528. The Morgan fingerprint density at radius 3 is 2.21 bits per heavy atom. The Balaban J connectivity index is 3.87. The van der Waals surface area contributed by atoms with Crippen molar-refractivity contribution in [2.45, 2.75) is 51.7 Å². The molecule has 1 unspecified atom stereocenters. The number of ether oxygens (including phenoxy) is 1. The molecular formula is C10H21NO3. The highest BCUT2D eigenvalue weighted by Crippen LogP contribution is 2.14. The smallest absolute Gasteiger partial charge is 0.306 e. The van der Waals surface area contributed by atoms with Crippen LogP contribution in [0.2, 0.25) is 0 Å². The van der Waals surface area contributed by atoms with Gasteiger partial charge in [-0.15, -0.1) is 0 Å². The van der Waals surface area contributed by atoms with Gasteiger partial charge >= 0.3 is 5.97 Å². The third kappa shape index (κ3) is 6.86. The van der Waals surface area contributed by atoms with Crippen LogP contribution < -0.4 is 5.73 Å². The van der Waals surface area contributed by atoms with Crippen LogP contribution in [0.5, 0.6) is 0 Å². The van der Waals surface area contributed by atoms with Crippen LogP contribution in [0.1, 0.15) is 40.5 Å². The zero-order chi connectivity index (χ0) is 11.4. The van der Waals surface area contributed by atoms with E-state index in [1.807, 2.05) is 20.8 Å². The minimum Gasteiger partial charge on any atom is -0.460 e. The average Bonchev–Trinajstić information content (AvgIpc) is 1.98. The lowest BCUT2D eigenvalue weighted by atomic mass is 10.0. The summed E-state index contributed by atoms with van der Waals surface area (Å²) in [6, 6.07) is 0. The van der Waals surface area contributed by atoms with E-state index in [4.69, 9.17) is 10.5 Å². The standard InChI is InChI=1S/C10H21NO3/c1-9(2,3)14-8(12)5-6-10(4,13)7-11/h13H,5-7,11H2,1-4H3. The second-order valence-corrected chi connectivity index (χ2v) is 4.79. The zero-order valence-corrected chi connectivity index (χ0v) is 9.46. The maximum absolute atomic E-state index is 11.2. The first-order valence-corrected chi connectivity index (χ1v) is 4.80. The van der Waals surface area contributed by atoms with Gasteiger partial charge in [-0.25, -0.2) is 0 Å². The van der Waals surface area contributed by atoms with Gasteiger partial charge in [-0.1, -0.05) is 0 Å². The lowest BCUT2D eigenvalue weighted by Crippen LogP contribution is -2.35. The van der Waals surface area contributed by atoms with E-state index in [0.29, 0.717) is 6.42 Å². The molecule has 0 aliphatic rings. The van der Waals surface area contributed by atoms with Gasteiger partial charge in [-0.2, -0.15) is 0 Å². The van der Waals surface area contributed by atoms with E-state index in [0.717, 1.165) is 0 Å². The van der Waals surface area contributed by atoms with Gasteiger partial charge in [0.2, 0.25) is 0 Å². The predicted molar refractivity (Wildman–Crippen MR) is 54.8 cm³/mol. The molecule has 0 aromatic heterocycles. The first kappa shape index (κ1) is 13.4. The van der Waals surface area contributed by atoms with E-state index in [-0.39, 0.29) is 18.9 Å². The summed E-state index contributed by atoms with van der Waals surface area (Å²) in [6.45, 7) is 7.19. The van der Waals surface area contributed by atoms with Crippen molar-refractivity contribution in [2.75, 3.05) is 6.54 Å². The normalized spacial score (nSPS) is 16.1. The fourth-order valence-corrected chi connectivity index (χ4v) is 0.866. The first-order chi connectivity index (χ1) is 6.16. The Morgan fingerprint density at radius 1 is 1.36 bits per heavy atom. The van der Waals surface area contributed by atoms with Crippen molar-refractivity contribution < 1.29 is 14.6 Å². The highest BCUT2D eigenvalue weighted by atomic mass is 16.6. The molecule has 3 N–H and O–H groups in total. The molecule has 14 heavy (non-hydrogen) atoms. The summed E-state index contributed by atoms with van der Waals surface area (Å²) in [5.74, 6) is -0.300. The van der Waals surface area contributed by atoms with E-state index >= 15 is 0 Å². The molecule has 0 fully saturated rings. The summed E-state index contributed by atoms with van der Waals surface area (Å²) in [4.78, 5) is 11.2. The van der Waals surface area contributed by atoms with Crippen molar-refractivity contribution >= 4 is 5.97 Å². The molecule has 0 bridgehead atoms. The molecule has 0 aliphatic carbocycles. The molecule has 0 aromatic carbocycles. The van der Waals surface area contributed by atoms with Crippen LogP contribution in [-0.2, 0) is 9.53 Å². The third-order valence-corrected chi connectivity index (χ3v) is 1.73. The molecule has 4 heteroatoms. The van der Waals surface area contributed by atoms with Crippen molar-refractivity contribution in [3.8, 4) is 0 Å². The molecule has 84 valence electrons. The van der Waals surface area contributed by atoms with Gasteiger partial charge in [-0.05, 0) is 34.1 Å². The number of aliphatic hydroxyl groups is 1. The topological polar surface area (TPSA) is 72.5 Å². The average molecular weight is 203 g/mol. The molecule has 0 spiro atoms. The lowest BCUT2D eigenvalue weighted by molar-refractivity contribution is -0.156. The summed E-state index contributed by atoms with van der Waals surface area (Å²) >= 11 is 0. The minimum absolute atomic E-state index is 0.149. The Hall–Kier alpha value is -0.610. The van der Waals surface area contributed by atoms with E-state index in [1.54, 1.807) is 6.92 Å². The molecular weight excluding hydrogens is 182 g/mol. The van der Waals surface area contributed by atoms with Gasteiger partial charge in [0.25, 0.3) is 0 Å². The maximum atomic E-state index is 11.2. The largest absolute Gasteiger partial charge is 0.460 e. The fraction of sp³-hybridized carbons (Fsp3) is 0.900. The zero-order valence-electron chi connectivity index (χ0n) is 9.46. The van der Waals surface area contributed by atoms with E-state index in [9.17, 15) is 9.90 Å². The Morgan fingerprint density at radius 2 is 1.86 bits per heavy atom. The van der Waals surface area contributed by atoms with Gasteiger partial charge in [0, 0.05) is 13.0 Å². The fourth-order valence-electron chi connectivity index (χ4n) is 0.866. The second kappa shape index (κ2) is 4.75. The minimum atomic E-state index is -0.975. The van der Waals surface area contributed by atoms with Crippen LogP contribution >= 0.6 is 0 Å². The molecule has 0 heterocycles. The van der Waals surface area contributed by atoms with Crippen LogP contribution in [0.15, 0.2) is 0 Å². The summed E-state index contributed by atoms with van der Waals surface area (Å²) < 4.78 is 5.09. The highest BCUT2D eigenvalue weighted by molar-refractivity contribution is 5.69. The van der Waals surface area contributed by atoms with Crippen molar-refractivity contribution in [1.82, 2.24) is 0 Å². The summed E-state index contributed by atoms with van der Waals surface area (Å²) in [7, 11) is 0. The van der Waals surface area contributed by atoms with Crippen molar-refractivity contribution in [3.63, 3.8) is 0 Å². The third-order valence-electron chi connectivity index (χ3n) is 1.73. The van der Waals surface area contributed by atoms with Gasteiger partial charge in [0.1, 0.15) is 5.60 Å². The SMILES string of the molecule is CC(O)(CN)CCC(=O)OC(C)(C)C. The first-order valence-electron chi connectivity index (χ1n) is 4.80. The molecule has 0 aliphatic heterocycles. The van der Waals surface area contributed by atoms with Crippen LogP contribution in [0.4, 0.5) is 0 Å². The molecule has 0 rings (SSSR count). The molecule has 0 aromatic rings. The predicted octanol–water partition coefficient (Wildman–Crippen LogP) is 0.818. The quantitative estimate of drug-likeness (QED) is 0.663. The molecule has 0 saturated heterocycles. The number of carbonyl (C=O) groups excluding carboxylic acids is 1. The number of hydrogen-bond acceptors (Lipinski definition) is 4. The Kier molecular flexibility index (Phi) is 4.55. The molecule has 1 atom stereocenters. The number of esters is 1. The maximum Gasteiger partial charge on any atom is 0.306 e. The van der Waals surface area contributed by atoms with Gasteiger partial charge in [0.15, 0.2) is 0 Å². The van der Waals surface area contributed by atoms with Gasteiger partial charge < -0.3 is 15.6 Å². The molecule has 0 amide bonds. The van der Waals surface area contributed by atoms with Gasteiger partial charge in [-0.3, -0.25) is 4.79 Å². The van der Waals surface area contributed by atoms with E-state index in [1.165, 1.54) is 0 Å². The van der Waals surface area contributed by atoms with Crippen molar-refractivity contribution in [3.05, 3.63) is 0 Å². The highest BCUT2D eigenvalue weighted by Gasteiger charge is 2.22. The lowest BCUT2D eigenvalue weighted by Gasteiger charge is -2.23. The summed E-state index contributed by atoms with van der Waals surface area (Å²) in [5, 5.41) is 9.54. The Bertz CT molecular complexity index is 194. The van der Waals surface area contributed by atoms with Crippen LogP contribution in [0.25, 0.3) is 0 Å². The Labute approximate surface area is 85.4 Å². The molecule has 4 nitrogen and oxygen atoms in total. The van der Waals surface area contributed by atoms with Crippen LogP contribution in [0, 0.1) is 0 Å². The monoisotopic (exact) mass is 203 g/mol.